The van der Waals surface area contributed by atoms with Gasteiger partial charge < -0.3 is 14.8 Å². The molecule has 29 heavy (non-hydrogen) atoms. The first-order valence-electron chi connectivity index (χ1n) is 8.35. The van der Waals surface area contributed by atoms with E-state index in [0.29, 0.717) is 17.0 Å². The number of fused-ring (bicyclic) bond motifs is 1. The zero-order chi connectivity index (χ0) is 21.2. The Labute approximate surface area is 170 Å². The fourth-order valence-corrected chi connectivity index (χ4v) is 4.70. The molecule has 1 aromatic heterocycles. The van der Waals surface area contributed by atoms with E-state index in [2.05, 4.69) is 15.0 Å². The van der Waals surface area contributed by atoms with Gasteiger partial charge in [0.25, 0.3) is 0 Å². The summed E-state index contributed by atoms with van der Waals surface area (Å²) in [5.74, 6) is -0.522. The second kappa shape index (κ2) is 8.31. The summed E-state index contributed by atoms with van der Waals surface area (Å²) in [5, 5.41) is 2.84. The molecule has 0 aliphatic carbocycles. The lowest BCUT2D eigenvalue weighted by Crippen LogP contribution is -2.41. The maximum absolute atomic E-state index is 13.8. The molecule has 2 aromatic carbocycles. The van der Waals surface area contributed by atoms with Crippen molar-refractivity contribution in [3.63, 3.8) is 0 Å². The molecule has 0 aliphatic rings. The highest BCUT2D eigenvalue weighted by atomic mass is 32.2. The Morgan fingerprint density at radius 1 is 1.17 bits per heavy atom. The zero-order valence-electron chi connectivity index (χ0n) is 15.7. The van der Waals surface area contributed by atoms with Crippen LogP contribution in [0.5, 0.6) is 11.5 Å². The normalized spacial score (nSPS) is 12.6. The van der Waals surface area contributed by atoms with E-state index in [9.17, 15) is 17.6 Å². The summed E-state index contributed by atoms with van der Waals surface area (Å²) in [6, 6.07) is 7.17. The fourth-order valence-electron chi connectivity index (χ4n) is 2.53. The van der Waals surface area contributed by atoms with Gasteiger partial charge in [0.1, 0.15) is 10.7 Å². The summed E-state index contributed by atoms with van der Waals surface area (Å²) in [5.41, 5.74) is 0.586. The van der Waals surface area contributed by atoms with Crippen LogP contribution in [0.2, 0.25) is 0 Å². The number of halogens is 1. The monoisotopic (exact) mass is 439 g/mol. The number of benzene rings is 2. The lowest BCUT2D eigenvalue weighted by atomic mass is 10.3. The van der Waals surface area contributed by atoms with Gasteiger partial charge >= 0.3 is 0 Å². The van der Waals surface area contributed by atoms with Gasteiger partial charge in [-0.15, -0.1) is 0 Å². The predicted octanol–water partition coefficient (Wildman–Crippen LogP) is 2.76. The average Bonchev–Trinajstić information content (AvgIpc) is 3.07. The Morgan fingerprint density at radius 2 is 1.83 bits per heavy atom. The Kier molecular flexibility index (Phi) is 6.01. The van der Waals surface area contributed by atoms with E-state index in [1.807, 2.05) is 0 Å². The Morgan fingerprint density at radius 3 is 2.48 bits per heavy atom. The number of carbonyl (C=O) groups is 1. The van der Waals surface area contributed by atoms with Crippen molar-refractivity contribution >= 4 is 42.6 Å². The van der Waals surface area contributed by atoms with E-state index in [-0.39, 0.29) is 5.13 Å². The molecule has 1 atom stereocenters. The van der Waals surface area contributed by atoms with E-state index in [4.69, 9.17) is 9.47 Å². The first kappa shape index (κ1) is 21.0. The number of anilines is 1. The van der Waals surface area contributed by atoms with Crippen LogP contribution in [0.3, 0.4) is 0 Å². The van der Waals surface area contributed by atoms with Crippen LogP contribution in [0.15, 0.2) is 41.3 Å². The summed E-state index contributed by atoms with van der Waals surface area (Å²) < 4.78 is 51.8. The number of sulfonamides is 1. The van der Waals surface area contributed by atoms with Crippen LogP contribution in [0.25, 0.3) is 10.2 Å². The lowest BCUT2D eigenvalue weighted by molar-refractivity contribution is -0.117. The number of hydrogen-bond acceptors (Lipinski definition) is 7. The van der Waals surface area contributed by atoms with Gasteiger partial charge in [0, 0.05) is 12.1 Å². The Hall–Kier alpha value is -2.76. The number of carbonyl (C=O) groups excluding carboxylic acids is 1. The van der Waals surface area contributed by atoms with Crippen LogP contribution in [0.4, 0.5) is 9.52 Å². The number of rotatable bonds is 7. The largest absolute Gasteiger partial charge is 0.493 e. The van der Waals surface area contributed by atoms with Gasteiger partial charge in [-0.2, -0.15) is 4.72 Å². The van der Waals surface area contributed by atoms with Gasteiger partial charge in [-0.05, 0) is 19.1 Å². The van der Waals surface area contributed by atoms with E-state index in [1.54, 1.807) is 12.1 Å². The summed E-state index contributed by atoms with van der Waals surface area (Å²) >= 11 is 1.19. The molecule has 2 N–H and O–H groups in total. The minimum atomic E-state index is -4.21. The molecule has 0 saturated heterocycles. The zero-order valence-corrected chi connectivity index (χ0v) is 17.4. The molecule has 8 nitrogen and oxygen atoms in total. The first-order chi connectivity index (χ1) is 13.7. The standard InChI is InChI=1S/C18H18FN3O5S2/c1-10(22-29(24,25)16-7-5-4-6-11(16)19)17(23)21-18-20-12-8-13(26-2)14(27-3)9-15(12)28-18/h4-10,22H,1-3H3,(H,20,21,23)/t10-/m0/s1. The first-order valence-corrected chi connectivity index (χ1v) is 10.7. The minimum absolute atomic E-state index is 0.275. The maximum Gasteiger partial charge on any atom is 0.244 e. The second-order valence-electron chi connectivity index (χ2n) is 5.96. The molecule has 0 aliphatic heterocycles. The van der Waals surface area contributed by atoms with Crippen LogP contribution in [0, 0.1) is 5.82 Å². The van der Waals surface area contributed by atoms with Gasteiger partial charge in [-0.1, -0.05) is 23.5 Å². The van der Waals surface area contributed by atoms with Gasteiger partial charge in [-0.3, -0.25) is 4.79 Å². The fraction of sp³-hybridized carbons (Fsp3) is 0.222. The minimum Gasteiger partial charge on any atom is -0.493 e. The maximum atomic E-state index is 13.8. The van der Waals surface area contributed by atoms with Crippen molar-refractivity contribution in [3.8, 4) is 11.5 Å². The number of aromatic nitrogens is 1. The molecule has 1 amide bonds. The van der Waals surface area contributed by atoms with Crippen molar-refractivity contribution in [2.75, 3.05) is 19.5 Å². The topological polar surface area (TPSA) is 107 Å². The van der Waals surface area contributed by atoms with Crippen molar-refractivity contribution in [1.29, 1.82) is 0 Å². The van der Waals surface area contributed by atoms with Crippen LogP contribution in [0.1, 0.15) is 6.92 Å². The molecule has 0 unspecified atom stereocenters. The molecule has 11 heteroatoms. The van der Waals surface area contributed by atoms with Crippen LogP contribution < -0.4 is 19.5 Å². The number of methoxy groups -OCH3 is 2. The molecule has 0 bridgehead atoms. The molecule has 0 radical (unpaired) electrons. The van der Waals surface area contributed by atoms with Crippen molar-refractivity contribution in [1.82, 2.24) is 9.71 Å². The molecule has 0 spiro atoms. The third-order valence-corrected chi connectivity index (χ3v) is 6.48. The lowest BCUT2D eigenvalue weighted by Gasteiger charge is -2.13. The van der Waals surface area contributed by atoms with Gasteiger partial charge in [0.2, 0.25) is 15.9 Å². The highest BCUT2D eigenvalue weighted by Gasteiger charge is 2.25. The number of ether oxygens (including phenoxy) is 2. The number of thiazole rings is 1. The highest BCUT2D eigenvalue weighted by Crippen LogP contribution is 2.36. The molecule has 154 valence electrons. The number of hydrogen-bond donors (Lipinski definition) is 2. The quantitative estimate of drug-likeness (QED) is 0.586. The molecule has 3 aromatic rings. The molecular formula is C18H18FN3O5S2. The molecule has 0 saturated carbocycles. The molecule has 0 fully saturated rings. The average molecular weight is 439 g/mol. The second-order valence-corrected chi connectivity index (χ2v) is 8.67. The summed E-state index contributed by atoms with van der Waals surface area (Å²) in [6.07, 6.45) is 0. The van der Waals surface area contributed by atoms with Crippen molar-refractivity contribution in [2.24, 2.45) is 0 Å². The van der Waals surface area contributed by atoms with Gasteiger partial charge in [0.05, 0.1) is 30.5 Å². The number of nitrogens with zero attached hydrogens (tertiary/aromatic N) is 1. The Balaban J connectivity index is 1.76. The highest BCUT2D eigenvalue weighted by molar-refractivity contribution is 7.89. The van der Waals surface area contributed by atoms with E-state index >= 15 is 0 Å². The Bertz CT molecular complexity index is 1120. The molecular weight excluding hydrogens is 421 g/mol. The molecule has 1 heterocycles. The number of amides is 1. The summed E-state index contributed by atoms with van der Waals surface area (Å²) in [6.45, 7) is 1.35. The summed E-state index contributed by atoms with van der Waals surface area (Å²) in [7, 11) is -1.19. The SMILES string of the molecule is COc1cc2nc(NC(=O)[C@H](C)NS(=O)(=O)c3ccccc3F)sc2cc1OC. The predicted molar refractivity (Wildman–Crippen MR) is 108 cm³/mol. The van der Waals surface area contributed by atoms with E-state index < -0.39 is 32.7 Å². The smallest absolute Gasteiger partial charge is 0.244 e. The third kappa shape index (κ3) is 4.47. The van der Waals surface area contributed by atoms with E-state index in [0.717, 1.165) is 16.8 Å². The van der Waals surface area contributed by atoms with Crippen LogP contribution in [-0.4, -0.2) is 39.6 Å². The van der Waals surface area contributed by atoms with Crippen molar-refractivity contribution < 1.29 is 27.1 Å². The van der Waals surface area contributed by atoms with Gasteiger partial charge in [0.15, 0.2) is 16.6 Å². The molecule has 3 rings (SSSR count). The van der Waals surface area contributed by atoms with Crippen LogP contribution >= 0.6 is 11.3 Å². The third-order valence-electron chi connectivity index (χ3n) is 3.98. The number of nitrogens with one attached hydrogen (secondary N) is 2. The van der Waals surface area contributed by atoms with Gasteiger partial charge in [-0.25, -0.2) is 17.8 Å². The van der Waals surface area contributed by atoms with Crippen LogP contribution in [-0.2, 0) is 14.8 Å². The summed E-state index contributed by atoms with van der Waals surface area (Å²) in [4.78, 5) is 16.2. The van der Waals surface area contributed by atoms with E-state index in [1.165, 1.54) is 44.6 Å². The van der Waals surface area contributed by atoms with Crippen molar-refractivity contribution in [2.45, 2.75) is 17.9 Å². The van der Waals surface area contributed by atoms with Crippen molar-refractivity contribution in [3.05, 3.63) is 42.2 Å².